The Labute approximate surface area is 102 Å². The molecule has 2 aromatic heterocycles. The lowest BCUT2D eigenvalue weighted by Gasteiger charge is -1.97. The van der Waals surface area contributed by atoms with Crippen LogP contribution in [-0.4, -0.2) is 31.3 Å². The number of benzene rings is 1. The summed E-state index contributed by atoms with van der Waals surface area (Å²) in [5.41, 5.74) is 1.14. The van der Waals surface area contributed by atoms with Gasteiger partial charge in [0, 0.05) is 5.39 Å². The van der Waals surface area contributed by atoms with Gasteiger partial charge in [0.15, 0.2) is 5.69 Å². The molecule has 0 radical (unpaired) electrons. The molecule has 0 bridgehead atoms. The van der Waals surface area contributed by atoms with Crippen LogP contribution in [0.4, 0.5) is 5.95 Å². The van der Waals surface area contributed by atoms with Crippen molar-refractivity contribution in [1.29, 1.82) is 0 Å². The molecule has 7 nitrogen and oxygen atoms in total. The first kappa shape index (κ1) is 10.5. The molecule has 7 heteroatoms. The summed E-state index contributed by atoms with van der Waals surface area (Å²) < 4.78 is 0. The average Bonchev–Trinajstić information content (AvgIpc) is 2.95. The van der Waals surface area contributed by atoms with Crippen LogP contribution < -0.4 is 5.32 Å². The van der Waals surface area contributed by atoms with Crippen molar-refractivity contribution in [3.05, 3.63) is 35.8 Å². The zero-order chi connectivity index (χ0) is 12.5. The van der Waals surface area contributed by atoms with E-state index in [4.69, 9.17) is 0 Å². The number of amides is 1. The fourth-order valence-electron chi connectivity index (χ4n) is 1.70. The van der Waals surface area contributed by atoms with Crippen LogP contribution in [0.2, 0.25) is 0 Å². The Kier molecular flexibility index (Phi) is 2.30. The zero-order valence-electron chi connectivity index (χ0n) is 9.56. The number of aryl methyl sites for hydroxylation is 1. The molecule has 1 amide bonds. The third-order valence-electron chi connectivity index (χ3n) is 2.51. The Balaban J connectivity index is 1.92. The number of nitrogens with zero attached hydrogens (tertiary/aromatic N) is 3. The number of carbonyl (C=O) groups excluding carboxylic acids is 1. The van der Waals surface area contributed by atoms with Crippen molar-refractivity contribution < 1.29 is 4.79 Å². The molecule has 0 unspecified atom stereocenters. The minimum Gasteiger partial charge on any atom is -0.288 e. The van der Waals surface area contributed by atoms with E-state index < -0.39 is 0 Å². The Hall–Kier alpha value is -2.70. The summed E-state index contributed by atoms with van der Waals surface area (Å²) in [6.45, 7) is 1.76. The van der Waals surface area contributed by atoms with Crippen molar-refractivity contribution in [2.75, 3.05) is 5.32 Å². The lowest BCUT2D eigenvalue weighted by atomic mass is 10.2. The molecule has 0 saturated carbocycles. The molecule has 3 aromatic rings. The summed E-state index contributed by atoms with van der Waals surface area (Å²) in [6, 6.07) is 7.42. The van der Waals surface area contributed by atoms with Crippen LogP contribution in [0.3, 0.4) is 0 Å². The van der Waals surface area contributed by atoms with Crippen molar-refractivity contribution in [1.82, 2.24) is 25.4 Å². The maximum atomic E-state index is 12.0. The molecule has 0 saturated heterocycles. The first-order valence-electron chi connectivity index (χ1n) is 5.37. The molecule has 0 aliphatic rings. The van der Waals surface area contributed by atoms with Gasteiger partial charge in [0.1, 0.15) is 5.82 Å². The first-order chi connectivity index (χ1) is 8.74. The molecule has 18 heavy (non-hydrogen) atoms. The fourth-order valence-corrected chi connectivity index (χ4v) is 1.70. The maximum absolute atomic E-state index is 12.0. The van der Waals surface area contributed by atoms with E-state index in [2.05, 4.69) is 30.7 Å². The van der Waals surface area contributed by atoms with Crippen LogP contribution in [0.1, 0.15) is 16.3 Å². The predicted octanol–water partition coefficient (Wildman–Crippen LogP) is 1.24. The van der Waals surface area contributed by atoms with E-state index in [0.717, 1.165) is 10.9 Å². The van der Waals surface area contributed by atoms with Gasteiger partial charge in [0.05, 0.1) is 5.52 Å². The fraction of sp³-hybridized carbons (Fsp3) is 0.0909. The van der Waals surface area contributed by atoms with E-state index in [1.807, 2.05) is 24.3 Å². The van der Waals surface area contributed by atoms with Gasteiger partial charge in [-0.2, -0.15) is 10.1 Å². The van der Waals surface area contributed by atoms with Crippen LogP contribution in [0, 0.1) is 6.92 Å². The van der Waals surface area contributed by atoms with Gasteiger partial charge >= 0.3 is 0 Å². The molecule has 0 fully saturated rings. The molecule has 1 aromatic carbocycles. The molecular formula is C11H10N6O. The number of hydrogen-bond donors (Lipinski definition) is 3. The summed E-state index contributed by atoms with van der Waals surface area (Å²) >= 11 is 0. The average molecular weight is 242 g/mol. The summed E-state index contributed by atoms with van der Waals surface area (Å²) in [6.07, 6.45) is 0. The van der Waals surface area contributed by atoms with E-state index in [-0.39, 0.29) is 11.9 Å². The van der Waals surface area contributed by atoms with Crippen LogP contribution in [-0.2, 0) is 0 Å². The first-order valence-corrected chi connectivity index (χ1v) is 5.37. The second-order valence-electron chi connectivity index (χ2n) is 3.82. The lowest BCUT2D eigenvalue weighted by Crippen LogP contribution is -2.13. The molecule has 0 spiro atoms. The van der Waals surface area contributed by atoms with E-state index in [0.29, 0.717) is 11.5 Å². The summed E-state index contributed by atoms with van der Waals surface area (Å²) in [4.78, 5) is 16.0. The Bertz CT molecular complexity index is 713. The highest BCUT2D eigenvalue weighted by molar-refractivity contribution is 6.10. The number of aromatic amines is 2. The number of carbonyl (C=O) groups is 1. The second kappa shape index (κ2) is 3.95. The van der Waals surface area contributed by atoms with Crippen molar-refractivity contribution in [3.8, 4) is 0 Å². The second-order valence-corrected chi connectivity index (χ2v) is 3.82. The van der Waals surface area contributed by atoms with Gasteiger partial charge in [0.2, 0.25) is 5.95 Å². The van der Waals surface area contributed by atoms with Crippen molar-refractivity contribution in [2.45, 2.75) is 6.92 Å². The van der Waals surface area contributed by atoms with Gasteiger partial charge in [-0.05, 0) is 13.0 Å². The van der Waals surface area contributed by atoms with Gasteiger partial charge < -0.3 is 0 Å². The number of H-pyrrole nitrogens is 2. The molecule has 3 N–H and O–H groups in total. The number of hydrogen-bond acceptors (Lipinski definition) is 4. The molecular weight excluding hydrogens is 232 g/mol. The molecule has 0 aliphatic heterocycles. The smallest absolute Gasteiger partial charge is 0.279 e. The maximum Gasteiger partial charge on any atom is 0.279 e. The summed E-state index contributed by atoms with van der Waals surface area (Å²) in [7, 11) is 0. The molecule has 0 aliphatic carbocycles. The number of nitrogens with one attached hydrogen (secondary N) is 3. The van der Waals surface area contributed by atoms with Crippen LogP contribution >= 0.6 is 0 Å². The Morgan fingerprint density at radius 2 is 2.06 bits per heavy atom. The zero-order valence-corrected chi connectivity index (χ0v) is 9.56. The standard InChI is InChI=1S/C11H10N6O/c1-6-12-11(17-14-6)13-10(18)9-7-4-2-3-5-8(7)15-16-9/h2-5H,1H3,(H,15,16)(H2,12,13,14,17,18). The largest absolute Gasteiger partial charge is 0.288 e. The Morgan fingerprint density at radius 1 is 1.22 bits per heavy atom. The van der Waals surface area contributed by atoms with Crippen LogP contribution in [0.15, 0.2) is 24.3 Å². The van der Waals surface area contributed by atoms with Crippen molar-refractivity contribution in [2.24, 2.45) is 0 Å². The number of aromatic nitrogens is 5. The minimum atomic E-state index is -0.341. The molecule has 90 valence electrons. The highest BCUT2D eigenvalue weighted by Crippen LogP contribution is 2.15. The van der Waals surface area contributed by atoms with Crippen LogP contribution in [0.5, 0.6) is 0 Å². The normalized spacial score (nSPS) is 10.7. The topological polar surface area (TPSA) is 99.3 Å². The number of rotatable bonds is 2. The monoisotopic (exact) mass is 242 g/mol. The van der Waals surface area contributed by atoms with E-state index in [1.54, 1.807) is 6.92 Å². The van der Waals surface area contributed by atoms with Gasteiger partial charge in [-0.15, -0.1) is 5.10 Å². The molecule has 0 atom stereocenters. The highest BCUT2D eigenvalue weighted by atomic mass is 16.2. The third kappa shape index (κ3) is 1.71. The lowest BCUT2D eigenvalue weighted by molar-refractivity contribution is 0.102. The SMILES string of the molecule is Cc1nc(NC(=O)c2n[nH]c3ccccc23)n[nH]1. The predicted molar refractivity (Wildman–Crippen MR) is 65.2 cm³/mol. The molecule has 2 heterocycles. The highest BCUT2D eigenvalue weighted by Gasteiger charge is 2.15. The number of anilines is 1. The van der Waals surface area contributed by atoms with Gasteiger partial charge in [-0.25, -0.2) is 0 Å². The van der Waals surface area contributed by atoms with Crippen molar-refractivity contribution in [3.63, 3.8) is 0 Å². The van der Waals surface area contributed by atoms with Gasteiger partial charge in [-0.3, -0.25) is 20.3 Å². The van der Waals surface area contributed by atoms with E-state index >= 15 is 0 Å². The van der Waals surface area contributed by atoms with Gasteiger partial charge in [0.25, 0.3) is 5.91 Å². The Morgan fingerprint density at radius 3 is 2.83 bits per heavy atom. The van der Waals surface area contributed by atoms with Crippen molar-refractivity contribution >= 4 is 22.8 Å². The van der Waals surface area contributed by atoms with E-state index in [1.165, 1.54) is 0 Å². The molecule has 3 rings (SSSR count). The van der Waals surface area contributed by atoms with E-state index in [9.17, 15) is 4.79 Å². The minimum absolute atomic E-state index is 0.240. The van der Waals surface area contributed by atoms with Gasteiger partial charge in [-0.1, -0.05) is 18.2 Å². The number of fused-ring (bicyclic) bond motifs is 1. The van der Waals surface area contributed by atoms with Crippen LogP contribution in [0.25, 0.3) is 10.9 Å². The third-order valence-corrected chi connectivity index (χ3v) is 2.51. The summed E-state index contributed by atoms with van der Waals surface area (Å²) in [5.74, 6) is 0.535. The summed E-state index contributed by atoms with van der Waals surface area (Å²) in [5, 5.41) is 16.6. The number of para-hydroxylation sites is 1. The quantitative estimate of drug-likeness (QED) is 0.629.